The van der Waals surface area contributed by atoms with Gasteiger partial charge >= 0.3 is 0 Å². The third kappa shape index (κ3) is 5.03. The molecule has 1 atom stereocenters. The monoisotopic (exact) mass is 336 g/mol. The lowest BCUT2D eigenvalue weighted by atomic mass is 10.1. The first-order valence-corrected chi connectivity index (χ1v) is 8.28. The fourth-order valence-corrected chi connectivity index (χ4v) is 2.80. The number of nitrogens with one attached hydrogen (secondary N) is 1. The Morgan fingerprint density at radius 1 is 1.28 bits per heavy atom. The molecular formula is C19H20N4O2. The number of ether oxygens (including phenoxy) is 1. The standard InChI is InChI=1S/C19H20N4O2/c20-11-15-1-3-16(4-2-15)12-22-19(24)14-23-10-7-18(13-23)25-17-5-8-21-9-6-17/h1-6,8-9,18H,7,10,12-14H2,(H,22,24)/t18-/m1/s1. The van der Waals surface area contributed by atoms with Gasteiger partial charge in [-0.15, -0.1) is 0 Å². The molecule has 0 unspecified atom stereocenters. The van der Waals surface area contributed by atoms with E-state index in [1.807, 2.05) is 24.3 Å². The Balaban J connectivity index is 1.40. The molecule has 0 bridgehead atoms. The molecule has 1 amide bonds. The molecular weight excluding hydrogens is 316 g/mol. The summed E-state index contributed by atoms with van der Waals surface area (Å²) in [7, 11) is 0. The van der Waals surface area contributed by atoms with Crippen molar-refractivity contribution < 1.29 is 9.53 Å². The van der Waals surface area contributed by atoms with Crippen molar-refractivity contribution in [2.75, 3.05) is 19.6 Å². The maximum atomic E-state index is 12.1. The van der Waals surface area contributed by atoms with Crippen LogP contribution in [0.4, 0.5) is 0 Å². The van der Waals surface area contributed by atoms with E-state index in [-0.39, 0.29) is 12.0 Å². The van der Waals surface area contributed by atoms with Gasteiger partial charge in [-0.3, -0.25) is 14.7 Å². The van der Waals surface area contributed by atoms with Gasteiger partial charge in [0.15, 0.2) is 0 Å². The fraction of sp³-hybridized carbons (Fsp3) is 0.316. The zero-order valence-corrected chi connectivity index (χ0v) is 13.9. The van der Waals surface area contributed by atoms with Crippen molar-refractivity contribution in [3.8, 4) is 11.8 Å². The lowest BCUT2D eigenvalue weighted by molar-refractivity contribution is -0.122. The highest BCUT2D eigenvalue weighted by atomic mass is 16.5. The van der Waals surface area contributed by atoms with E-state index in [9.17, 15) is 4.79 Å². The minimum atomic E-state index is -0.00563. The molecule has 6 nitrogen and oxygen atoms in total. The van der Waals surface area contributed by atoms with E-state index in [2.05, 4.69) is 21.3 Å². The number of amides is 1. The van der Waals surface area contributed by atoms with Crippen LogP contribution < -0.4 is 10.1 Å². The molecule has 0 saturated carbocycles. The van der Waals surface area contributed by atoms with Crippen LogP contribution in [0.15, 0.2) is 48.8 Å². The van der Waals surface area contributed by atoms with Crippen LogP contribution in [-0.4, -0.2) is 41.5 Å². The predicted octanol–water partition coefficient (Wildman–Crippen LogP) is 1.72. The van der Waals surface area contributed by atoms with Crippen LogP contribution in [0.1, 0.15) is 17.5 Å². The average molecular weight is 336 g/mol. The van der Waals surface area contributed by atoms with Crippen LogP contribution in [0.2, 0.25) is 0 Å². The second kappa shape index (κ2) is 8.27. The first-order chi connectivity index (χ1) is 12.2. The number of hydrogen-bond donors (Lipinski definition) is 1. The van der Waals surface area contributed by atoms with Gasteiger partial charge in [0.05, 0.1) is 18.2 Å². The Morgan fingerprint density at radius 2 is 2.04 bits per heavy atom. The molecule has 0 spiro atoms. The number of pyridine rings is 1. The van der Waals surface area contributed by atoms with E-state index in [1.165, 1.54) is 0 Å². The lowest BCUT2D eigenvalue weighted by Gasteiger charge is -2.16. The Hall–Kier alpha value is -2.91. The van der Waals surface area contributed by atoms with Gasteiger partial charge in [0.1, 0.15) is 11.9 Å². The Kier molecular flexibility index (Phi) is 5.60. The Labute approximate surface area is 147 Å². The maximum absolute atomic E-state index is 12.1. The van der Waals surface area contributed by atoms with Gasteiger partial charge in [-0.2, -0.15) is 5.26 Å². The summed E-state index contributed by atoms with van der Waals surface area (Å²) in [5.41, 5.74) is 1.60. The number of hydrogen-bond acceptors (Lipinski definition) is 5. The molecule has 1 aromatic carbocycles. The van der Waals surface area contributed by atoms with Crippen molar-refractivity contribution in [2.24, 2.45) is 0 Å². The van der Waals surface area contributed by atoms with Gasteiger partial charge in [0, 0.05) is 32.0 Å². The van der Waals surface area contributed by atoms with Crippen LogP contribution in [0.5, 0.6) is 5.75 Å². The molecule has 1 aliphatic heterocycles. The lowest BCUT2D eigenvalue weighted by Crippen LogP contribution is -2.36. The normalized spacial score (nSPS) is 17.0. The molecule has 6 heteroatoms. The summed E-state index contributed by atoms with van der Waals surface area (Å²) in [6, 6.07) is 13.0. The number of benzene rings is 1. The number of likely N-dealkylation sites (tertiary alicyclic amines) is 1. The number of nitrogens with zero attached hydrogens (tertiary/aromatic N) is 3. The van der Waals surface area contributed by atoms with Gasteiger partial charge in [-0.05, 0) is 36.2 Å². The first-order valence-electron chi connectivity index (χ1n) is 8.28. The molecule has 0 aliphatic carbocycles. The minimum Gasteiger partial charge on any atom is -0.489 e. The molecule has 0 radical (unpaired) electrons. The highest BCUT2D eigenvalue weighted by molar-refractivity contribution is 5.78. The van der Waals surface area contributed by atoms with Crippen molar-refractivity contribution in [2.45, 2.75) is 19.1 Å². The Morgan fingerprint density at radius 3 is 2.76 bits per heavy atom. The zero-order valence-electron chi connectivity index (χ0n) is 13.9. The number of carbonyl (C=O) groups excluding carboxylic acids is 1. The van der Waals surface area contributed by atoms with Crippen LogP contribution in [0, 0.1) is 11.3 Å². The number of rotatable bonds is 6. The second-order valence-electron chi connectivity index (χ2n) is 6.03. The van der Waals surface area contributed by atoms with Gasteiger partial charge in [0.2, 0.25) is 5.91 Å². The van der Waals surface area contributed by atoms with Crippen LogP contribution in [0.3, 0.4) is 0 Å². The average Bonchev–Trinajstić information content (AvgIpc) is 3.08. The van der Waals surface area contributed by atoms with Crippen molar-refractivity contribution in [3.05, 3.63) is 59.9 Å². The summed E-state index contributed by atoms with van der Waals surface area (Å²) in [6.07, 6.45) is 4.43. The molecule has 1 aliphatic rings. The third-order valence-electron chi connectivity index (χ3n) is 4.12. The van der Waals surface area contributed by atoms with Crippen molar-refractivity contribution in [1.29, 1.82) is 5.26 Å². The molecule has 1 saturated heterocycles. The molecule has 1 aromatic heterocycles. The fourth-order valence-electron chi connectivity index (χ4n) is 2.80. The maximum Gasteiger partial charge on any atom is 0.234 e. The number of aromatic nitrogens is 1. The van der Waals surface area contributed by atoms with Crippen molar-refractivity contribution in [1.82, 2.24) is 15.2 Å². The number of nitriles is 1. The predicted molar refractivity (Wildman–Crippen MR) is 92.7 cm³/mol. The Bertz CT molecular complexity index is 740. The van der Waals surface area contributed by atoms with E-state index in [1.54, 1.807) is 24.5 Å². The van der Waals surface area contributed by atoms with Crippen molar-refractivity contribution >= 4 is 5.91 Å². The summed E-state index contributed by atoms with van der Waals surface area (Å²) < 4.78 is 5.90. The summed E-state index contributed by atoms with van der Waals surface area (Å²) in [5.74, 6) is 0.807. The second-order valence-corrected chi connectivity index (χ2v) is 6.03. The van der Waals surface area contributed by atoms with Gasteiger partial charge in [-0.25, -0.2) is 0 Å². The SMILES string of the molecule is N#Cc1ccc(CNC(=O)CN2CC[C@@H](Oc3ccncc3)C2)cc1. The summed E-state index contributed by atoms with van der Waals surface area (Å²) in [4.78, 5) is 18.2. The van der Waals surface area contributed by atoms with E-state index < -0.39 is 0 Å². The van der Waals surface area contributed by atoms with Gasteiger partial charge < -0.3 is 10.1 Å². The summed E-state index contributed by atoms with van der Waals surface area (Å²) in [6.45, 7) is 2.43. The molecule has 128 valence electrons. The minimum absolute atomic E-state index is 0.00563. The van der Waals surface area contributed by atoms with E-state index in [0.29, 0.717) is 18.7 Å². The van der Waals surface area contributed by atoms with Crippen LogP contribution in [-0.2, 0) is 11.3 Å². The molecule has 25 heavy (non-hydrogen) atoms. The number of carbonyl (C=O) groups is 1. The van der Waals surface area contributed by atoms with E-state index >= 15 is 0 Å². The highest BCUT2D eigenvalue weighted by Crippen LogP contribution is 2.17. The van der Waals surface area contributed by atoms with Gasteiger partial charge in [-0.1, -0.05) is 12.1 Å². The third-order valence-corrected chi connectivity index (χ3v) is 4.12. The molecule has 3 rings (SSSR count). The molecule has 1 fully saturated rings. The zero-order chi connectivity index (χ0) is 17.5. The van der Waals surface area contributed by atoms with E-state index in [4.69, 9.17) is 10.00 Å². The first kappa shape index (κ1) is 16.9. The van der Waals surface area contributed by atoms with E-state index in [0.717, 1.165) is 30.8 Å². The van der Waals surface area contributed by atoms with Crippen LogP contribution in [0.25, 0.3) is 0 Å². The largest absolute Gasteiger partial charge is 0.489 e. The smallest absolute Gasteiger partial charge is 0.234 e. The quantitative estimate of drug-likeness (QED) is 0.869. The van der Waals surface area contributed by atoms with Crippen molar-refractivity contribution in [3.63, 3.8) is 0 Å². The highest BCUT2D eigenvalue weighted by Gasteiger charge is 2.25. The molecule has 2 heterocycles. The summed E-state index contributed by atoms with van der Waals surface area (Å²) >= 11 is 0. The van der Waals surface area contributed by atoms with Gasteiger partial charge in [0.25, 0.3) is 0 Å². The molecule has 1 N–H and O–H groups in total. The van der Waals surface area contributed by atoms with Crippen LogP contribution >= 0.6 is 0 Å². The topological polar surface area (TPSA) is 78.2 Å². The summed E-state index contributed by atoms with van der Waals surface area (Å²) in [5, 5.41) is 11.7. The molecule has 2 aromatic rings.